The van der Waals surface area contributed by atoms with Crippen molar-refractivity contribution in [2.24, 2.45) is 5.92 Å². The summed E-state index contributed by atoms with van der Waals surface area (Å²) in [6, 6.07) is 15.0. The molecule has 7 nitrogen and oxygen atoms in total. The van der Waals surface area contributed by atoms with Gasteiger partial charge in [0.05, 0.1) is 5.56 Å². The Labute approximate surface area is 231 Å². The number of nitrogens with one attached hydrogen (secondary N) is 3. The molecule has 1 aliphatic heterocycles. The summed E-state index contributed by atoms with van der Waals surface area (Å²) in [6.45, 7) is 6.79. The number of halogens is 3. The maximum atomic E-state index is 13.8. The lowest BCUT2D eigenvalue weighted by Crippen LogP contribution is -2.43. The van der Waals surface area contributed by atoms with E-state index in [1.165, 1.54) is 25.0 Å². The lowest BCUT2D eigenvalue weighted by atomic mass is 10.0. The van der Waals surface area contributed by atoms with Gasteiger partial charge in [0.2, 0.25) is 0 Å². The van der Waals surface area contributed by atoms with Gasteiger partial charge in [-0.25, -0.2) is 4.98 Å². The van der Waals surface area contributed by atoms with E-state index in [2.05, 4.69) is 27.5 Å². The minimum Gasteiger partial charge on any atom is -0.484 e. The van der Waals surface area contributed by atoms with Crippen LogP contribution in [0, 0.1) is 5.92 Å². The number of piperazine rings is 1. The van der Waals surface area contributed by atoms with E-state index in [0.717, 1.165) is 41.8 Å². The predicted molar refractivity (Wildman–Crippen MR) is 149 cm³/mol. The predicted octanol–water partition coefficient (Wildman–Crippen LogP) is 5.53. The lowest BCUT2D eigenvalue weighted by molar-refractivity contribution is -0.138. The average molecular weight is 552 g/mol. The first-order chi connectivity index (χ1) is 19.2. The maximum Gasteiger partial charge on any atom is 0.416 e. The number of hydrogen-bond donors (Lipinski definition) is 3. The smallest absolute Gasteiger partial charge is 0.416 e. The molecule has 0 unspecified atom stereocenters. The van der Waals surface area contributed by atoms with Crippen molar-refractivity contribution < 1.29 is 22.7 Å². The third-order valence-corrected chi connectivity index (χ3v) is 6.98. The van der Waals surface area contributed by atoms with E-state index in [0.29, 0.717) is 24.8 Å². The highest BCUT2D eigenvalue weighted by Crippen LogP contribution is 2.36. The molecule has 1 aliphatic carbocycles. The fourth-order valence-corrected chi connectivity index (χ4v) is 4.59. The fourth-order valence-electron chi connectivity index (χ4n) is 4.59. The summed E-state index contributed by atoms with van der Waals surface area (Å²) >= 11 is 0. The number of anilines is 2. The van der Waals surface area contributed by atoms with Crippen LogP contribution in [-0.2, 0) is 17.5 Å². The molecular weight excluding hydrogens is 519 g/mol. The highest BCUT2D eigenvalue weighted by Gasteiger charge is 2.34. The van der Waals surface area contributed by atoms with Crippen molar-refractivity contribution in [1.82, 2.24) is 15.2 Å². The molecule has 210 valence electrons. The van der Waals surface area contributed by atoms with Crippen LogP contribution < -0.4 is 20.7 Å². The third kappa shape index (κ3) is 7.40. The monoisotopic (exact) mass is 551 g/mol. The topological polar surface area (TPSA) is 78.5 Å². The second-order valence-corrected chi connectivity index (χ2v) is 10.1. The van der Waals surface area contributed by atoms with Crippen molar-refractivity contribution >= 4 is 17.4 Å². The zero-order valence-electron chi connectivity index (χ0n) is 22.1. The van der Waals surface area contributed by atoms with Crippen LogP contribution in [0.5, 0.6) is 5.75 Å². The number of alkyl halides is 3. The molecule has 1 saturated heterocycles. The highest BCUT2D eigenvalue weighted by atomic mass is 19.4. The number of ether oxygens (including phenoxy) is 1. The van der Waals surface area contributed by atoms with Gasteiger partial charge in [-0.05, 0) is 66.3 Å². The molecule has 1 aromatic heterocycles. The van der Waals surface area contributed by atoms with E-state index in [1.807, 2.05) is 29.2 Å². The number of hydrogen-bond acceptors (Lipinski definition) is 6. The summed E-state index contributed by atoms with van der Waals surface area (Å²) < 4.78 is 46.9. The molecule has 2 fully saturated rings. The number of allylic oxidation sites excluding steroid dienone is 1. The Kier molecular flexibility index (Phi) is 8.37. The summed E-state index contributed by atoms with van der Waals surface area (Å²) in [7, 11) is 0. The number of nitrogens with zero attached hydrogens (tertiary/aromatic N) is 2. The minimum absolute atomic E-state index is 0.0754. The van der Waals surface area contributed by atoms with Gasteiger partial charge in [-0.2, -0.15) is 13.2 Å². The molecule has 2 heterocycles. The molecular formula is C30H32F3N5O2. The largest absolute Gasteiger partial charge is 0.484 e. The number of rotatable bonds is 10. The van der Waals surface area contributed by atoms with Crippen molar-refractivity contribution in [2.75, 3.05) is 43.4 Å². The van der Waals surface area contributed by atoms with Crippen molar-refractivity contribution in [1.29, 1.82) is 0 Å². The van der Waals surface area contributed by atoms with Crippen molar-refractivity contribution in [2.45, 2.75) is 25.6 Å². The van der Waals surface area contributed by atoms with Crippen molar-refractivity contribution in [3.8, 4) is 16.9 Å². The Hall–Kier alpha value is -3.89. The number of carbonyl (C=O) groups is 1. The number of carbonyl (C=O) groups excluding carboxylic acids is 1. The molecule has 1 amide bonds. The van der Waals surface area contributed by atoms with E-state index in [-0.39, 0.29) is 24.4 Å². The Morgan fingerprint density at radius 3 is 2.40 bits per heavy atom. The second kappa shape index (κ2) is 12.1. The zero-order chi connectivity index (χ0) is 28.1. The average Bonchev–Trinajstić information content (AvgIpc) is 3.80. The molecule has 40 heavy (non-hydrogen) atoms. The van der Waals surface area contributed by atoms with Crippen LogP contribution >= 0.6 is 0 Å². The number of benzene rings is 2. The van der Waals surface area contributed by atoms with E-state index in [9.17, 15) is 18.0 Å². The van der Waals surface area contributed by atoms with Gasteiger partial charge in [0.15, 0.2) is 6.61 Å². The molecule has 0 atom stereocenters. The molecule has 0 spiro atoms. The second-order valence-electron chi connectivity index (χ2n) is 10.1. The Morgan fingerprint density at radius 2 is 1.75 bits per heavy atom. The quantitative estimate of drug-likeness (QED) is 0.308. The Morgan fingerprint density at radius 1 is 1.02 bits per heavy atom. The summed E-state index contributed by atoms with van der Waals surface area (Å²) in [4.78, 5) is 18.9. The van der Waals surface area contributed by atoms with Crippen LogP contribution in [0.4, 0.5) is 24.7 Å². The van der Waals surface area contributed by atoms with Gasteiger partial charge in [-0.3, -0.25) is 9.69 Å². The molecule has 0 bridgehead atoms. The molecule has 10 heteroatoms. The van der Waals surface area contributed by atoms with Crippen LogP contribution in [0.25, 0.3) is 11.1 Å². The molecule has 2 aliphatic rings. The lowest BCUT2D eigenvalue weighted by Gasteiger charge is -2.28. The molecule has 5 rings (SSSR count). The number of pyridine rings is 1. The fraction of sp³-hybridized carbons (Fsp3) is 0.333. The minimum atomic E-state index is -4.53. The van der Waals surface area contributed by atoms with Gasteiger partial charge < -0.3 is 20.7 Å². The van der Waals surface area contributed by atoms with E-state index >= 15 is 0 Å². The Balaban J connectivity index is 1.14. The van der Waals surface area contributed by atoms with Gasteiger partial charge in [-0.1, -0.05) is 24.8 Å². The van der Waals surface area contributed by atoms with Crippen molar-refractivity contribution in [3.63, 3.8) is 0 Å². The summed E-state index contributed by atoms with van der Waals surface area (Å²) in [6.07, 6.45) is -0.414. The summed E-state index contributed by atoms with van der Waals surface area (Å²) in [5, 5.41) is 8.95. The van der Waals surface area contributed by atoms with Gasteiger partial charge in [-0.15, -0.1) is 0 Å². The van der Waals surface area contributed by atoms with Crippen LogP contribution in [0.3, 0.4) is 0 Å². The van der Waals surface area contributed by atoms with Crippen LogP contribution in [-0.4, -0.2) is 48.6 Å². The van der Waals surface area contributed by atoms with Gasteiger partial charge in [0.25, 0.3) is 5.91 Å². The highest BCUT2D eigenvalue weighted by molar-refractivity contribution is 5.92. The van der Waals surface area contributed by atoms with Crippen molar-refractivity contribution in [3.05, 3.63) is 84.2 Å². The number of amides is 1. The van der Waals surface area contributed by atoms with E-state index < -0.39 is 17.6 Å². The SMILES string of the molecule is C=C(Nc1ccc(-c2ccc(OCC(=O)Nc3ccc(CN4CCNCC4)c(C(F)(F)F)c3)cc2)cn1)C1CC1. The van der Waals surface area contributed by atoms with Gasteiger partial charge in [0.1, 0.15) is 11.6 Å². The zero-order valence-corrected chi connectivity index (χ0v) is 22.1. The van der Waals surface area contributed by atoms with Crippen LogP contribution in [0.15, 0.2) is 73.1 Å². The van der Waals surface area contributed by atoms with E-state index in [4.69, 9.17) is 4.74 Å². The first kappa shape index (κ1) is 27.7. The summed E-state index contributed by atoms with van der Waals surface area (Å²) in [5.41, 5.74) is 2.37. The molecule has 3 N–H and O–H groups in total. The molecule has 0 radical (unpaired) electrons. The third-order valence-electron chi connectivity index (χ3n) is 6.98. The molecule has 1 saturated carbocycles. The van der Waals surface area contributed by atoms with Crippen LogP contribution in [0.2, 0.25) is 0 Å². The standard InChI is InChI=1S/C30H32F3N5O2/c1-20(21-2-3-21)36-28-11-7-23(17-35-28)22-5-9-26(10-6-22)40-19-29(39)37-25-8-4-24(27(16-25)30(31,32)33)18-38-14-12-34-13-15-38/h4-11,16-17,21,34H,1-3,12-15,18-19H2,(H,35,36)(H,37,39). The van der Waals surface area contributed by atoms with E-state index in [1.54, 1.807) is 18.3 Å². The number of aromatic nitrogens is 1. The first-order valence-electron chi connectivity index (χ1n) is 13.3. The molecule has 3 aromatic rings. The maximum absolute atomic E-state index is 13.8. The Bertz CT molecular complexity index is 1330. The normalized spacial score (nSPS) is 15.9. The van der Waals surface area contributed by atoms with Gasteiger partial charge in [0, 0.05) is 55.9 Å². The molecule has 2 aromatic carbocycles. The first-order valence-corrected chi connectivity index (χ1v) is 13.3. The van der Waals surface area contributed by atoms with Gasteiger partial charge >= 0.3 is 6.18 Å². The van der Waals surface area contributed by atoms with Crippen LogP contribution in [0.1, 0.15) is 24.0 Å². The summed E-state index contributed by atoms with van der Waals surface area (Å²) in [5.74, 6) is 1.21.